The number of rotatable bonds is 4. The Labute approximate surface area is 112 Å². The molecule has 1 N–H and O–H groups in total. The Morgan fingerprint density at radius 2 is 1.85 bits per heavy atom. The molecule has 0 radical (unpaired) electrons. The molecule has 0 aromatic carbocycles. The Hall–Kier alpha value is -2.10. The summed E-state index contributed by atoms with van der Waals surface area (Å²) in [6, 6.07) is 4.56. The summed E-state index contributed by atoms with van der Waals surface area (Å²) < 4.78 is 61.0. The first-order valence-electron chi connectivity index (χ1n) is 5.29. The minimum atomic E-state index is -5.45. The van der Waals surface area contributed by atoms with Crippen LogP contribution in [0.2, 0.25) is 0 Å². The number of sulfonamides is 1. The molecule has 2 aromatic heterocycles. The van der Waals surface area contributed by atoms with E-state index in [1.54, 1.807) is 24.5 Å². The summed E-state index contributed by atoms with van der Waals surface area (Å²) in [5, 5.41) is 3.71. The minimum absolute atomic E-state index is 0.288. The Balaban J connectivity index is 2.11. The number of anilines is 1. The zero-order valence-corrected chi connectivity index (χ0v) is 10.7. The molecule has 0 saturated heterocycles. The summed E-state index contributed by atoms with van der Waals surface area (Å²) in [5.41, 5.74) is -4.55. The Kier molecular flexibility index (Phi) is 3.66. The molecule has 0 fully saturated rings. The van der Waals surface area contributed by atoms with Crippen molar-refractivity contribution in [1.82, 2.24) is 14.8 Å². The topological polar surface area (TPSA) is 76.9 Å². The van der Waals surface area contributed by atoms with E-state index in [2.05, 4.69) is 10.1 Å². The van der Waals surface area contributed by atoms with Gasteiger partial charge in [-0.3, -0.25) is 14.4 Å². The predicted octanol–water partition coefficient (Wildman–Crippen LogP) is 1.59. The number of hydrogen-bond donors (Lipinski definition) is 1. The molecule has 2 heterocycles. The van der Waals surface area contributed by atoms with Crippen LogP contribution in [0.25, 0.3) is 0 Å². The molecule has 0 aliphatic heterocycles. The zero-order valence-electron chi connectivity index (χ0n) is 9.87. The van der Waals surface area contributed by atoms with Crippen molar-refractivity contribution in [1.29, 1.82) is 0 Å². The fourth-order valence-corrected chi connectivity index (χ4v) is 1.87. The maximum absolute atomic E-state index is 12.2. The van der Waals surface area contributed by atoms with E-state index in [1.165, 1.54) is 15.6 Å². The van der Waals surface area contributed by atoms with Crippen LogP contribution in [0.4, 0.5) is 19.0 Å². The standard InChI is InChI=1S/C10H9F3N4O2S/c11-10(12,13)20(18,19)16-9-3-6-17(15-9)7-8-1-4-14-5-2-8/h1-6H,7H2,(H,15,16). The first kappa shape index (κ1) is 14.3. The zero-order chi connectivity index (χ0) is 14.8. The lowest BCUT2D eigenvalue weighted by molar-refractivity contribution is -0.0429. The molecule has 10 heteroatoms. The van der Waals surface area contributed by atoms with Crippen LogP contribution in [0.5, 0.6) is 0 Å². The highest BCUT2D eigenvalue weighted by molar-refractivity contribution is 7.93. The van der Waals surface area contributed by atoms with E-state index in [-0.39, 0.29) is 6.54 Å². The fraction of sp³-hybridized carbons (Fsp3) is 0.200. The summed E-state index contributed by atoms with van der Waals surface area (Å²) in [4.78, 5) is 3.82. The van der Waals surface area contributed by atoms with Gasteiger partial charge in [0.15, 0.2) is 5.82 Å². The highest BCUT2D eigenvalue weighted by Crippen LogP contribution is 2.24. The van der Waals surface area contributed by atoms with Gasteiger partial charge in [0, 0.05) is 24.7 Å². The summed E-state index contributed by atoms with van der Waals surface area (Å²) >= 11 is 0. The normalized spacial score (nSPS) is 12.3. The number of aromatic nitrogens is 3. The van der Waals surface area contributed by atoms with Gasteiger partial charge in [0.1, 0.15) is 0 Å². The molecular weight excluding hydrogens is 297 g/mol. The van der Waals surface area contributed by atoms with Gasteiger partial charge in [0.25, 0.3) is 0 Å². The van der Waals surface area contributed by atoms with Gasteiger partial charge in [-0.2, -0.15) is 26.7 Å². The molecule has 0 amide bonds. The van der Waals surface area contributed by atoms with Crippen LogP contribution >= 0.6 is 0 Å². The second-order valence-corrected chi connectivity index (χ2v) is 5.48. The predicted molar refractivity (Wildman–Crippen MR) is 64.2 cm³/mol. The van der Waals surface area contributed by atoms with Gasteiger partial charge in [0.05, 0.1) is 6.54 Å². The van der Waals surface area contributed by atoms with E-state index in [0.717, 1.165) is 11.6 Å². The summed E-state index contributed by atoms with van der Waals surface area (Å²) in [6.45, 7) is 0.288. The maximum atomic E-state index is 12.2. The van der Waals surface area contributed by atoms with Crippen molar-refractivity contribution >= 4 is 15.8 Å². The maximum Gasteiger partial charge on any atom is 0.516 e. The van der Waals surface area contributed by atoms with Crippen LogP contribution in [0.3, 0.4) is 0 Å². The third kappa shape index (κ3) is 3.26. The van der Waals surface area contributed by atoms with E-state index < -0.39 is 21.3 Å². The molecule has 0 spiro atoms. The molecule has 2 rings (SSSR count). The number of halogens is 3. The third-order valence-electron chi connectivity index (χ3n) is 2.28. The molecule has 6 nitrogen and oxygen atoms in total. The number of hydrogen-bond acceptors (Lipinski definition) is 4. The molecule has 108 valence electrons. The number of pyridine rings is 1. The van der Waals surface area contributed by atoms with E-state index >= 15 is 0 Å². The monoisotopic (exact) mass is 306 g/mol. The quantitative estimate of drug-likeness (QED) is 0.930. The van der Waals surface area contributed by atoms with Gasteiger partial charge in [0.2, 0.25) is 0 Å². The molecule has 0 saturated carbocycles. The van der Waals surface area contributed by atoms with Gasteiger partial charge in [-0.15, -0.1) is 0 Å². The summed E-state index contributed by atoms with van der Waals surface area (Å²) in [6.07, 6.45) is 4.49. The van der Waals surface area contributed by atoms with Gasteiger partial charge < -0.3 is 0 Å². The number of nitrogens with zero attached hydrogens (tertiary/aromatic N) is 3. The lowest BCUT2D eigenvalue weighted by Gasteiger charge is -2.08. The largest absolute Gasteiger partial charge is 0.516 e. The second-order valence-electron chi connectivity index (χ2n) is 3.81. The van der Waals surface area contributed by atoms with Crippen molar-refractivity contribution in [2.24, 2.45) is 0 Å². The molecule has 0 unspecified atom stereocenters. The van der Waals surface area contributed by atoms with Gasteiger partial charge >= 0.3 is 15.5 Å². The van der Waals surface area contributed by atoms with Crippen LogP contribution in [0.15, 0.2) is 36.8 Å². The summed E-state index contributed by atoms with van der Waals surface area (Å²) in [5.74, 6) is -0.392. The van der Waals surface area contributed by atoms with Crippen LogP contribution in [-0.4, -0.2) is 28.7 Å². The van der Waals surface area contributed by atoms with Gasteiger partial charge in [-0.1, -0.05) is 0 Å². The summed E-state index contributed by atoms with van der Waals surface area (Å²) in [7, 11) is -5.45. The Morgan fingerprint density at radius 1 is 1.20 bits per heavy atom. The Bertz CT molecular complexity index is 682. The van der Waals surface area contributed by atoms with E-state index in [4.69, 9.17) is 0 Å². The molecule has 0 aliphatic rings. The smallest absolute Gasteiger partial charge is 0.266 e. The van der Waals surface area contributed by atoms with Crippen molar-refractivity contribution in [3.8, 4) is 0 Å². The first-order chi connectivity index (χ1) is 9.28. The first-order valence-corrected chi connectivity index (χ1v) is 6.78. The second kappa shape index (κ2) is 5.12. The van der Waals surface area contributed by atoms with Crippen molar-refractivity contribution in [3.63, 3.8) is 0 Å². The molecule has 0 aliphatic carbocycles. The van der Waals surface area contributed by atoms with Crippen molar-refractivity contribution in [2.75, 3.05) is 4.72 Å². The molecule has 0 atom stereocenters. The van der Waals surface area contributed by atoms with Crippen molar-refractivity contribution in [3.05, 3.63) is 42.4 Å². The number of alkyl halides is 3. The lowest BCUT2D eigenvalue weighted by Crippen LogP contribution is -2.30. The third-order valence-corrected chi connectivity index (χ3v) is 3.37. The van der Waals surface area contributed by atoms with Crippen LogP contribution < -0.4 is 4.72 Å². The van der Waals surface area contributed by atoms with Gasteiger partial charge in [-0.25, -0.2) is 0 Å². The fourth-order valence-electron chi connectivity index (χ4n) is 1.37. The van der Waals surface area contributed by atoms with Crippen LogP contribution in [0.1, 0.15) is 5.56 Å². The van der Waals surface area contributed by atoms with Crippen LogP contribution in [-0.2, 0) is 16.6 Å². The molecule has 2 aromatic rings. The van der Waals surface area contributed by atoms with Crippen molar-refractivity contribution < 1.29 is 21.6 Å². The number of nitrogens with one attached hydrogen (secondary N) is 1. The van der Waals surface area contributed by atoms with E-state index in [1.807, 2.05) is 0 Å². The SMILES string of the molecule is O=S(=O)(Nc1ccn(Cc2ccncc2)n1)C(F)(F)F. The average molecular weight is 306 g/mol. The van der Waals surface area contributed by atoms with Crippen molar-refractivity contribution in [2.45, 2.75) is 12.1 Å². The van der Waals surface area contributed by atoms with Crippen LogP contribution in [0, 0.1) is 0 Å². The minimum Gasteiger partial charge on any atom is -0.266 e. The Morgan fingerprint density at radius 3 is 2.45 bits per heavy atom. The van der Waals surface area contributed by atoms with Gasteiger partial charge in [-0.05, 0) is 17.7 Å². The average Bonchev–Trinajstić information content (AvgIpc) is 2.75. The molecular formula is C10H9F3N4O2S. The van der Waals surface area contributed by atoms with E-state index in [9.17, 15) is 21.6 Å². The lowest BCUT2D eigenvalue weighted by atomic mass is 10.3. The highest BCUT2D eigenvalue weighted by atomic mass is 32.2. The highest BCUT2D eigenvalue weighted by Gasteiger charge is 2.46. The molecule has 20 heavy (non-hydrogen) atoms. The van der Waals surface area contributed by atoms with E-state index in [0.29, 0.717) is 0 Å². The molecule has 0 bridgehead atoms.